The van der Waals surface area contributed by atoms with Gasteiger partial charge in [0.2, 0.25) is 21.8 Å². The van der Waals surface area contributed by atoms with Crippen LogP contribution in [0.1, 0.15) is 90.8 Å². The van der Waals surface area contributed by atoms with Gasteiger partial charge < -0.3 is 29.4 Å². The number of fused-ring (bicyclic) bond motifs is 1. The number of pyridine rings is 1. The average Bonchev–Trinajstić information content (AvgIpc) is 3.92. The minimum absolute atomic E-state index is 0.0340. The van der Waals surface area contributed by atoms with Crippen molar-refractivity contribution >= 4 is 56.0 Å². The molecular formula is C40H51N7O8S2. The molecule has 1 aliphatic heterocycles. The van der Waals surface area contributed by atoms with E-state index in [1.54, 1.807) is 7.11 Å². The number of likely N-dealkylation sites (tertiary alicyclic amines) is 1. The van der Waals surface area contributed by atoms with Crippen LogP contribution in [-0.4, -0.2) is 88.6 Å². The second-order valence-corrected chi connectivity index (χ2v) is 19.6. The average molecular weight is 822 g/mol. The Morgan fingerprint density at radius 3 is 2.49 bits per heavy atom. The van der Waals surface area contributed by atoms with E-state index >= 15 is 0 Å². The van der Waals surface area contributed by atoms with Crippen LogP contribution < -0.4 is 24.8 Å². The molecular weight excluding hydrogens is 771 g/mol. The second-order valence-electron chi connectivity index (χ2n) is 16.7. The first kappa shape index (κ1) is 40.4. The van der Waals surface area contributed by atoms with Crippen LogP contribution in [0.3, 0.4) is 0 Å². The molecule has 4 aromatic rings. The Morgan fingerprint density at radius 2 is 1.89 bits per heavy atom. The van der Waals surface area contributed by atoms with Gasteiger partial charge >= 0.3 is 0 Å². The number of hydrogen-bond acceptors (Lipinski definition) is 13. The van der Waals surface area contributed by atoms with Gasteiger partial charge in [0.1, 0.15) is 52.2 Å². The van der Waals surface area contributed by atoms with Gasteiger partial charge in [-0.3, -0.25) is 19.1 Å². The van der Waals surface area contributed by atoms with Gasteiger partial charge in [-0.2, -0.15) is 0 Å². The molecule has 1 aromatic carbocycles. The summed E-state index contributed by atoms with van der Waals surface area (Å²) in [6, 6.07) is 3.78. The van der Waals surface area contributed by atoms with Crippen LogP contribution in [0.25, 0.3) is 21.6 Å². The summed E-state index contributed by atoms with van der Waals surface area (Å²) in [6.45, 7) is 13.7. The zero-order valence-electron chi connectivity index (χ0n) is 33.5. The molecule has 2 aliphatic carbocycles. The van der Waals surface area contributed by atoms with Crippen molar-refractivity contribution in [2.75, 3.05) is 19.0 Å². The zero-order valence-corrected chi connectivity index (χ0v) is 35.2. The van der Waals surface area contributed by atoms with E-state index in [-0.39, 0.29) is 37.2 Å². The Labute approximate surface area is 336 Å². The number of oxazole rings is 1. The van der Waals surface area contributed by atoms with Crippen LogP contribution in [0.4, 0.5) is 6.01 Å². The molecule has 0 bridgehead atoms. The largest absolute Gasteiger partial charge is 0.496 e. The van der Waals surface area contributed by atoms with Gasteiger partial charge in [0.25, 0.3) is 11.9 Å². The number of aromatic nitrogens is 3. The monoisotopic (exact) mass is 821 g/mol. The summed E-state index contributed by atoms with van der Waals surface area (Å²) >= 11 is 1.49. The first-order chi connectivity index (χ1) is 26.9. The normalized spacial score (nSPS) is 22.7. The Bertz CT molecular complexity index is 2280. The number of benzene rings is 1. The molecule has 7 rings (SSSR count). The van der Waals surface area contributed by atoms with E-state index in [0.717, 1.165) is 21.7 Å². The molecule has 3 N–H and O–H groups in total. The van der Waals surface area contributed by atoms with Crippen LogP contribution >= 0.6 is 11.3 Å². The van der Waals surface area contributed by atoms with E-state index in [0.29, 0.717) is 42.0 Å². The standard InChI is InChI=1S/C40H51N7O8S2/c1-9-23-18-40(23,37(50)46-57(51,52)25-10-11-25)45-34(48)29-16-24(19-47(29)36(49)33(39(5,6)7)44-38-41-14-15-54-38)55-31-17-27(35-43-28(20-56-35)21(2)3)42-32-22(4)30(53-8)13-12-26(31)32/h12-15,17,20-21,23-25,29,33H,9-11,16,18-19H2,1-8H3,(H,41,44)(H,45,48)(H,46,50)/t23-,24-,29+,33-,40-/m1/s1. The number of sulfonamides is 1. The number of carbonyl (C=O) groups is 3. The summed E-state index contributed by atoms with van der Waals surface area (Å²) in [5, 5.41) is 8.90. The van der Waals surface area contributed by atoms with E-state index in [1.165, 1.54) is 28.7 Å². The van der Waals surface area contributed by atoms with Gasteiger partial charge in [0.15, 0.2) is 0 Å². The Morgan fingerprint density at radius 1 is 1.14 bits per heavy atom. The highest BCUT2D eigenvalue weighted by molar-refractivity contribution is 7.91. The highest BCUT2D eigenvalue weighted by Crippen LogP contribution is 2.47. The first-order valence-electron chi connectivity index (χ1n) is 19.4. The van der Waals surface area contributed by atoms with Crippen molar-refractivity contribution in [3.05, 3.63) is 47.3 Å². The molecule has 15 nitrogen and oxygen atoms in total. The third kappa shape index (κ3) is 8.05. The number of carbonyl (C=O) groups excluding carboxylic acids is 3. The number of aryl methyl sites for hydroxylation is 1. The maximum atomic E-state index is 14.7. The van der Waals surface area contributed by atoms with Gasteiger partial charge in [-0.25, -0.2) is 23.4 Å². The molecule has 17 heteroatoms. The van der Waals surface area contributed by atoms with E-state index < -0.39 is 62.1 Å². The van der Waals surface area contributed by atoms with Crippen LogP contribution in [-0.2, 0) is 24.4 Å². The van der Waals surface area contributed by atoms with Crippen molar-refractivity contribution in [1.29, 1.82) is 0 Å². The second kappa shape index (κ2) is 15.2. The molecule has 57 heavy (non-hydrogen) atoms. The fourth-order valence-electron chi connectivity index (χ4n) is 7.56. The molecule has 3 aromatic heterocycles. The van der Waals surface area contributed by atoms with Crippen LogP contribution in [0.2, 0.25) is 0 Å². The summed E-state index contributed by atoms with van der Waals surface area (Å²) in [4.78, 5) is 58.4. The predicted molar refractivity (Wildman–Crippen MR) is 215 cm³/mol. The zero-order chi connectivity index (χ0) is 41.0. The quantitative estimate of drug-likeness (QED) is 0.144. The van der Waals surface area contributed by atoms with Crippen molar-refractivity contribution in [2.45, 2.75) is 115 Å². The minimum Gasteiger partial charge on any atom is -0.496 e. The van der Waals surface area contributed by atoms with Crippen molar-refractivity contribution in [3.63, 3.8) is 0 Å². The van der Waals surface area contributed by atoms with Gasteiger partial charge in [0, 0.05) is 28.8 Å². The first-order valence-corrected chi connectivity index (χ1v) is 21.8. The minimum atomic E-state index is -3.86. The third-order valence-corrected chi connectivity index (χ3v) is 13.9. The topological polar surface area (TPSA) is 195 Å². The maximum absolute atomic E-state index is 14.7. The van der Waals surface area contributed by atoms with Crippen molar-refractivity contribution in [1.82, 2.24) is 29.9 Å². The van der Waals surface area contributed by atoms with Gasteiger partial charge in [-0.1, -0.05) is 48.0 Å². The summed E-state index contributed by atoms with van der Waals surface area (Å²) < 4.78 is 45.8. The molecule has 3 fully saturated rings. The lowest BCUT2D eigenvalue weighted by atomic mass is 9.85. The molecule has 2 saturated carbocycles. The van der Waals surface area contributed by atoms with Crippen molar-refractivity contribution in [2.24, 2.45) is 11.3 Å². The van der Waals surface area contributed by atoms with Crippen molar-refractivity contribution < 1.29 is 36.7 Å². The summed E-state index contributed by atoms with van der Waals surface area (Å²) in [7, 11) is -2.26. The van der Waals surface area contributed by atoms with Crippen molar-refractivity contribution in [3.8, 4) is 22.2 Å². The predicted octanol–water partition coefficient (Wildman–Crippen LogP) is 5.56. The number of hydrogen-bond donors (Lipinski definition) is 3. The molecule has 0 unspecified atom stereocenters. The van der Waals surface area contributed by atoms with E-state index in [1.807, 2.05) is 58.2 Å². The smallest absolute Gasteiger partial charge is 0.295 e. The fraction of sp³-hybridized carbons (Fsp3) is 0.550. The Kier molecular flexibility index (Phi) is 10.8. The van der Waals surface area contributed by atoms with E-state index in [2.05, 4.69) is 34.2 Å². The van der Waals surface area contributed by atoms with E-state index in [9.17, 15) is 22.8 Å². The Hall–Kier alpha value is -4.77. The molecule has 0 radical (unpaired) electrons. The molecule has 3 aliphatic rings. The lowest BCUT2D eigenvalue weighted by Crippen LogP contribution is -2.58. The highest BCUT2D eigenvalue weighted by atomic mass is 32.2. The lowest BCUT2D eigenvalue weighted by molar-refractivity contribution is -0.141. The molecule has 3 amide bonds. The number of anilines is 1. The number of ether oxygens (including phenoxy) is 2. The number of nitrogens with zero attached hydrogens (tertiary/aromatic N) is 4. The van der Waals surface area contributed by atoms with Gasteiger partial charge in [-0.05, 0) is 55.6 Å². The van der Waals surface area contributed by atoms with Gasteiger partial charge in [-0.15, -0.1) is 11.3 Å². The summed E-state index contributed by atoms with van der Waals surface area (Å²) in [5.41, 5.74) is 0.960. The van der Waals surface area contributed by atoms with Gasteiger partial charge in [0.05, 0.1) is 36.3 Å². The molecule has 4 heterocycles. The fourth-order valence-corrected chi connectivity index (χ4v) is 9.86. The van der Waals surface area contributed by atoms with Crippen LogP contribution in [0, 0.1) is 18.3 Å². The highest BCUT2D eigenvalue weighted by Gasteiger charge is 2.62. The number of amides is 3. The number of nitrogens with one attached hydrogen (secondary N) is 3. The van der Waals surface area contributed by atoms with Crippen LogP contribution in [0.5, 0.6) is 11.5 Å². The van der Waals surface area contributed by atoms with E-state index in [4.69, 9.17) is 23.9 Å². The number of thiazole rings is 1. The lowest BCUT2D eigenvalue weighted by Gasteiger charge is -2.35. The number of rotatable bonds is 14. The summed E-state index contributed by atoms with van der Waals surface area (Å²) in [6.07, 6.45) is 4.08. The summed E-state index contributed by atoms with van der Waals surface area (Å²) in [5.74, 6) is -0.599. The number of methoxy groups -OCH3 is 1. The van der Waals surface area contributed by atoms with Crippen LogP contribution in [0.15, 0.2) is 40.5 Å². The SMILES string of the molecule is CC[C@@H]1C[C@]1(NC(=O)[C@@H]1C[C@@H](Oc2cc(-c3nc(C(C)C)cs3)nc3c(C)c(OC)ccc23)CN1C(=O)[C@@H](Nc1ncco1)C(C)(C)C)C(=O)NS(=O)(=O)C1CC1. The third-order valence-electron chi connectivity index (χ3n) is 11.2. The maximum Gasteiger partial charge on any atom is 0.295 e. The molecule has 1 saturated heterocycles. The molecule has 0 spiro atoms. The molecule has 306 valence electrons. The Balaban J connectivity index is 1.24. The molecule has 5 atom stereocenters.